The van der Waals surface area contributed by atoms with Gasteiger partial charge in [0.1, 0.15) is 5.82 Å². The normalized spacial score (nSPS) is 15.8. The Morgan fingerprint density at radius 1 is 1.32 bits per heavy atom. The number of carbonyl (C=O) groups is 1. The molecule has 31 heavy (non-hydrogen) atoms. The van der Waals surface area contributed by atoms with Crippen molar-refractivity contribution in [2.75, 3.05) is 31.1 Å². The number of aliphatic imine (C=N–C) groups is 1. The van der Waals surface area contributed by atoms with Gasteiger partial charge in [-0.3, -0.25) is 4.79 Å². The predicted octanol–water partition coefficient (Wildman–Crippen LogP) is 3.32. The minimum absolute atomic E-state index is 0. The SMILES string of the molecule is CCNC(=NCc1cccnc1N1CCC(C(N)=O)CC1)NCC(C)c1cccs1.I. The van der Waals surface area contributed by atoms with Crippen LogP contribution in [0.1, 0.15) is 43.0 Å². The first-order valence-corrected chi connectivity index (χ1v) is 11.5. The van der Waals surface area contributed by atoms with Gasteiger partial charge in [-0.25, -0.2) is 9.98 Å². The Morgan fingerprint density at radius 2 is 2.10 bits per heavy atom. The molecule has 1 fully saturated rings. The Kier molecular flexibility index (Phi) is 10.5. The molecule has 1 aliphatic heterocycles. The van der Waals surface area contributed by atoms with Crippen LogP contribution >= 0.6 is 35.3 Å². The quantitative estimate of drug-likeness (QED) is 0.264. The molecule has 2 aromatic rings. The summed E-state index contributed by atoms with van der Waals surface area (Å²) in [6.07, 6.45) is 3.37. The summed E-state index contributed by atoms with van der Waals surface area (Å²) in [6.45, 7) is 8.04. The molecule has 170 valence electrons. The molecule has 7 nitrogen and oxygen atoms in total. The summed E-state index contributed by atoms with van der Waals surface area (Å²) in [5, 5.41) is 8.90. The van der Waals surface area contributed by atoms with Crippen LogP contribution in [0.5, 0.6) is 0 Å². The van der Waals surface area contributed by atoms with Crippen molar-refractivity contribution in [3.05, 3.63) is 46.3 Å². The van der Waals surface area contributed by atoms with Crippen molar-refractivity contribution in [1.29, 1.82) is 0 Å². The second kappa shape index (κ2) is 12.8. The van der Waals surface area contributed by atoms with Crippen molar-refractivity contribution in [2.45, 2.75) is 39.2 Å². The third kappa shape index (κ3) is 7.34. The van der Waals surface area contributed by atoms with Crippen LogP contribution in [-0.2, 0) is 11.3 Å². The molecule has 3 rings (SSSR count). The molecule has 0 aliphatic carbocycles. The first-order valence-electron chi connectivity index (χ1n) is 10.6. The zero-order valence-electron chi connectivity index (χ0n) is 18.2. The molecule has 9 heteroatoms. The summed E-state index contributed by atoms with van der Waals surface area (Å²) >= 11 is 1.78. The van der Waals surface area contributed by atoms with Gasteiger partial charge in [-0.1, -0.05) is 19.1 Å². The zero-order valence-corrected chi connectivity index (χ0v) is 21.4. The van der Waals surface area contributed by atoms with Crippen LogP contribution in [0.4, 0.5) is 5.82 Å². The van der Waals surface area contributed by atoms with Gasteiger partial charge < -0.3 is 21.3 Å². The van der Waals surface area contributed by atoms with E-state index in [-0.39, 0.29) is 35.8 Å². The molecule has 0 saturated carbocycles. The lowest BCUT2D eigenvalue weighted by Gasteiger charge is -2.32. The number of guanidine groups is 1. The summed E-state index contributed by atoms with van der Waals surface area (Å²) in [6, 6.07) is 8.28. The third-order valence-electron chi connectivity index (χ3n) is 5.42. The van der Waals surface area contributed by atoms with E-state index in [1.54, 1.807) is 11.3 Å². The zero-order chi connectivity index (χ0) is 21.3. The van der Waals surface area contributed by atoms with Crippen LogP contribution in [0.3, 0.4) is 0 Å². The maximum Gasteiger partial charge on any atom is 0.220 e. The van der Waals surface area contributed by atoms with Crippen LogP contribution in [0.2, 0.25) is 0 Å². The molecule has 3 heterocycles. The molecule has 1 atom stereocenters. The fourth-order valence-electron chi connectivity index (χ4n) is 3.64. The van der Waals surface area contributed by atoms with Gasteiger partial charge in [0.05, 0.1) is 6.54 Å². The average Bonchev–Trinajstić information content (AvgIpc) is 3.31. The van der Waals surface area contributed by atoms with Crippen molar-refractivity contribution < 1.29 is 4.79 Å². The Hall–Kier alpha value is -1.88. The van der Waals surface area contributed by atoms with E-state index in [2.05, 4.69) is 57.9 Å². The number of carbonyl (C=O) groups excluding carboxylic acids is 1. The van der Waals surface area contributed by atoms with Crippen molar-refractivity contribution in [2.24, 2.45) is 16.6 Å². The number of primary amides is 1. The first kappa shape index (κ1) is 25.4. The largest absolute Gasteiger partial charge is 0.369 e. The Morgan fingerprint density at radius 3 is 2.74 bits per heavy atom. The van der Waals surface area contributed by atoms with Crippen LogP contribution in [0.15, 0.2) is 40.8 Å². The molecule has 1 saturated heterocycles. The van der Waals surface area contributed by atoms with E-state index in [1.165, 1.54) is 4.88 Å². The number of aromatic nitrogens is 1. The van der Waals surface area contributed by atoms with E-state index in [0.717, 1.165) is 56.4 Å². The fourth-order valence-corrected chi connectivity index (χ4v) is 4.43. The molecule has 0 bridgehead atoms. The Labute approximate surface area is 205 Å². The maximum atomic E-state index is 11.4. The third-order valence-corrected chi connectivity index (χ3v) is 6.52. The molecular formula is C22H33IN6OS. The van der Waals surface area contributed by atoms with Gasteiger partial charge >= 0.3 is 0 Å². The van der Waals surface area contributed by atoms with Gasteiger partial charge in [-0.05, 0) is 37.3 Å². The number of thiophene rings is 1. The van der Waals surface area contributed by atoms with Gasteiger partial charge in [0, 0.05) is 54.7 Å². The van der Waals surface area contributed by atoms with Crippen LogP contribution in [0, 0.1) is 5.92 Å². The molecule has 0 aromatic carbocycles. The summed E-state index contributed by atoms with van der Waals surface area (Å²) in [5.41, 5.74) is 6.55. The second-order valence-corrected chi connectivity index (χ2v) is 8.62. The van der Waals surface area contributed by atoms with Crippen LogP contribution in [-0.4, -0.2) is 43.0 Å². The highest BCUT2D eigenvalue weighted by atomic mass is 127. The van der Waals surface area contributed by atoms with Crippen LogP contribution in [0.25, 0.3) is 0 Å². The number of piperidine rings is 1. The molecular weight excluding hydrogens is 523 g/mol. The number of amides is 1. The summed E-state index contributed by atoms with van der Waals surface area (Å²) in [4.78, 5) is 24.5. The van der Waals surface area contributed by atoms with E-state index in [1.807, 2.05) is 12.3 Å². The van der Waals surface area contributed by atoms with Gasteiger partial charge in [0.2, 0.25) is 5.91 Å². The lowest BCUT2D eigenvalue weighted by atomic mass is 9.96. The molecule has 2 aromatic heterocycles. The lowest BCUT2D eigenvalue weighted by Crippen LogP contribution is -2.39. The van der Waals surface area contributed by atoms with Gasteiger partial charge in [0.25, 0.3) is 0 Å². The number of pyridine rings is 1. The Bertz CT molecular complexity index is 836. The average molecular weight is 557 g/mol. The number of nitrogens with two attached hydrogens (primary N) is 1. The number of anilines is 1. The minimum atomic E-state index is -0.196. The van der Waals surface area contributed by atoms with E-state index >= 15 is 0 Å². The summed E-state index contributed by atoms with van der Waals surface area (Å²) < 4.78 is 0. The van der Waals surface area contributed by atoms with E-state index < -0.39 is 0 Å². The standard InChI is InChI=1S/C22H32N6OS.HI/c1-3-24-22(26-14-16(2)19-7-5-13-30-19)27-15-18-6-4-10-25-21(18)28-11-8-17(9-12-28)20(23)29;/h4-7,10,13,16-17H,3,8-9,11-12,14-15H2,1-2H3,(H2,23,29)(H2,24,26,27);1H. The first-order chi connectivity index (χ1) is 14.6. The fraction of sp³-hybridized carbons (Fsp3) is 0.500. The summed E-state index contributed by atoms with van der Waals surface area (Å²) in [5.74, 6) is 1.96. The predicted molar refractivity (Wildman–Crippen MR) is 139 cm³/mol. The molecule has 1 amide bonds. The molecule has 0 radical (unpaired) electrons. The van der Waals surface area contributed by atoms with Crippen molar-refractivity contribution in [1.82, 2.24) is 15.6 Å². The van der Waals surface area contributed by atoms with E-state index in [9.17, 15) is 4.79 Å². The smallest absolute Gasteiger partial charge is 0.220 e. The highest BCUT2D eigenvalue weighted by molar-refractivity contribution is 14.0. The number of halogens is 1. The second-order valence-electron chi connectivity index (χ2n) is 7.64. The lowest BCUT2D eigenvalue weighted by molar-refractivity contribution is -0.122. The van der Waals surface area contributed by atoms with E-state index in [0.29, 0.717) is 12.5 Å². The van der Waals surface area contributed by atoms with Crippen molar-refractivity contribution in [3.8, 4) is 0 Å². The molecule has 1 unspecified atom stereocenters. The van der Waals surface area contributed by atoms with Crippen LogP contribution < -0.4 is 21.3 Å². The number of hydrogen-bond donors (Lipinski definition) is 3. The van der Waals surface area contributed by atoms with Gasteiger partial charge in [-0.2, -0.15) is 0 Å². The Balaban J connectivity index is 0.00000341. The molecule has 0 spiro atoms. The summed E-state index contributed by atoms with van der Waals surface area (Å²) in [7, 11) is 0. The minimum Gasteiger partial charge on any atom is -0.369 e. The van der Waals surface area contributed by atoms with Gasteiger partial charge in [0.15, 0.2) is 5.96 Å². The molecule has 1 aliphatic rings. The number of hydrogen-bond acceptors (Lipinski definition) is 5. The van der Waals surface area contributed by atoms with Gasteiger partial charge in [-0.15, -0.1) is 35.3 Å². The highest BCUT2D eigenvalue weighted by Gasteiger charge is 2.24. The molecule has 4 N–H and O–H groups in total. The topological polar surface area (TPSA) is 95.6 Å². The van der Waals surface area contributed by atoms with E-state index in [4.69, 9.17) is 10.7 Å². The number of nitrogens with one attached hydrogen (secondary N) is 2. The number of nitrogens with zero attached hydrogens (tertiary/aromatic N) is 3. The highest BCUT2D eigenvalue weighted by Crippen LogP contribution is 2.25. The maximum absolute atomic E-state index is 11.4. The number of rotatable bonds is 8. The monoisotopic (exact) mass is 556 g/mol. The van der Waals surface area contributed by atoms with Crippen molar-refractivity contribution in [3.63, 3.8) is 0 Å². The van der Waals surface area contributed by atoms with Crippen molar-refractivity contribution >= 4 is 53.0 Å².